The number of likely N-dealkylation sites (N-methyl/N-ethyl adjacent to an activating group) is 1. The van der Waals surface area contributed by atoms with Crippen LogP contribution in [0.25, 0.3) is 17.3 Å². The molecule has 0 amide bonds. The quantitative estimate of drug-likeness (QED) is 0.155. The van der Waals surface area contributed by atoms with Crippen molar-refractivity contribution < 1.29 is 30.7 Å². The Labute approximate surface area is 258 Å². The van der Waals surface area contributed by atoms with Gasteiger partial charge in [0.15, 0.2) is 0 Å². The first-order valence-corrected chi connectivity index (χ1v) is 16.0. The second-order valence-corrected chi connectivity index (χ2v) is 12.5. The van der Waals surface area contributed by atoms with Crippen molar-refractivity contribution in [3.05, 3.63) is 108 Å². The molecule has 0 aliphatic heterocycles. The van der Waals surface area contributed by atoms with E-state index in [0.29, 0.717) is 17.5 Å². The maximum absolute atomic E-state index is 10.5. The van der Waals surface area contributed by atoms with Crippen LogP contribution in [-0.4, -0.2) is 55.6 Å². The van der Waals surface area contributed by atoms with E-state index in [-0.39, 0.29) is 15.8 Å². The molecule has 43 heavy (non-hydrogen) atoms. The molecule has 0 bridgehead atoms. The van der Waals surface area contributed by atoms with Crippen LogP contribution < -0.4 is 10.1 Å². The van der Waals surface area contributed by atoms with Crippen molar-refractivity contribution in [3.8, 4) is 17.0 Å². The lowest BCUT2D eigenvalue weighted by Gasteiger charge is -2.13. The molecule has 4 aromatic rings. The van der Waals surface area contributed by atoms with Gasteiger partial charge in [0, 0.05) is 17.8 Å². The lowest BCUT2D eigenvalue weighted by molar-refractivity contribution is 0.279. The molecule has 2 aromatic heterocycles. The summed E-state index contributed by atoms with van der Waals surface area (Å²) in [5.41, 5.74) is 4.38. The highest BCUT2D eigenvalue weighted by atomic mass is 35.5. The predicted octanol–water partition coefficient (Wildman–Crippen LogP) is 5.91. The molecule has 0 spiro atoms. The Bertz CT molecular complexity index is 1640. The van der Waals surface area contributed by atoms with Crippen LogP contribution in [0.2, 0.25) is 5.15 Å². The van der Waals surface area contributed by atoms with Crippen LogP contribution >= 0.6 is 11.6 Å². The second kappa shape index (κ2) is 16.3. The molecular formula is C30H34ClN3O7S2. The molecule has 2 heterocycles. The number of nitrogens with zero attached hydrogens (tertiary/aromatic N) is 2. The highest BCUT2D eigenvalue weighted by Crippen LogP contribution is 2.29. The molecule has 0 aliphatic rings. The average molecular weight is 648 g/mol. The van der Waals surface area contributed by atoms with Gasteiger partial charge in [0.05, 0.1) is 21.7 Å². The van der Waals surface area contributed by atoms with Crippen molar-refractivity contribution in [3.63, 3.8) is 0 Å². The summed E-state index contributed by atoms with van der Waals surface area (Å²) in [7, 11) is -6.15. The van der Waals surface area contributed by atoms with Crippen molar-refractivity contribution >= 4 is 37.9 Å². The van der Waals surface area contributed by atoms with Gasteiger partial charge in [-0.3, -0.25) is 14.1 Å². The van der Waals surface area contributed by atoms with Crippen LogP contribution in [0.1, 0.15) is 23.6 Å². The zero-order chi connectivity index (χ0) is 32.2. The molecule has 4 rings (SSSR count). The summed E-state index contributed by atoms with van der Waals surface area (Å²) in [5, 5.41) is 3.51. The van der Waals surface area contributed by atoms with Gasteiger partial charge < -0.3 is 10.1 Å². The Morgan fingerprint density at radius 1 is 0.907 bits per heavy atom. The van der Waals surface area contributed by atoms with E-state index in [9.17, 15) is 16.8 Å². The first-order valence-electron chi connectivity index (χ1n) is 12.8. The van der Waals surface area contributed by atoms with E-state index in [2.05, 4.69) is 21.9 Å². The van der Waals surface area contributed by atoms with E-state index in [1.807, 2.05) is 46.0 Å². The number of ether oxygens (including phenoxy) is 1. The maximum Gasteiger partial charge on any atom is 0.294 e. The molecule has 0 saturated heterocycles. The first-order chi connectivity index (χ1) is 20.1. The molecule has 0 saturated carbocycles. The fraction of sp³-hybridized carbons (Fsp3) is 0.200. The summed E-state index contributed by atoms with van der Waals surface area (Å²) in [6.07, 6.45) is 5.10. The number of nitrogens with one attached hydrogen (secondary N) is 1. The zero-order valence-corrected chi connectivity index (χ0v) is 26.5. The number of rotatable bonds is 8. The maximum atomic E-state index is 10.5. The molecule has 0 unspecified atom stereocenters. The molecule has 2 aromatic carbocycles. The number of benzene rings is 2. The minimum atomic E-state index is -4.02. The summed E-state index contributed by atoms with van der Waals surface area (Å²) < 4.78 is 64.8. The second-order valence-electron chi connectivity index (χ2n) is 9.26. The average Bonchev–Trinajstić information content (AvgIpc) is 2.96. The largest absolute Gasteiger partial charge is 0.490 e. The molecule has 1 atom stereocenters. The van der Waals surface area contributed by atoms with E-state index in [1.54, 1.807) is 42.7 Å². The Balaban J connectivity index is 0.000000247. The Hall–Kier alpha value is -3.65. The molecular weight excluding hydrogens is 614 g/mol. The molecule has 13 heteroatoms. The SMILES string of the molecule is C=Cc1ccnc(-c2cc(OC[C@@H](C)NC)cnc2Cl)c1.Cc1ccc(S(=O)(=O)O)cc1.Cc1ccc(S(=O)(=O)O)cc1. The van der Waals surface area contributed by atoms with Crippen LogP contribution in [-0.2, 0) is 20.2 Å². The summed E-state index contributed by atoms with van der Waals surface area (Å²) in [6.45, 7) is 10.0. The van der Waals surface area contributed by atoms with Crippen molar-refractivity contribution in [2.75, 3.05) is 13.7 Å². The number of hydrogen-bond acceptors (Lipinski definition) is 8. The van der Waals surface area contributed by atoms with Gasteiger partial charge in [-0.2, -0.15) is 16.8 Å². The first kappa shape index (κ1) is 35.5. The van der Waals surface area contributed by atoms with Gasteiger partial charge in [-0.15, -0.1) is 0 Å². The minimum Gasteiger partial charge on any atom is -0.490 e. The van der Waals surface area contributed by atoms with Gasteiger partial charge in [0.1, 0.15) is 17.5 Å². The number of pyridine rings is 2. The van der Waals surface area contributed by atoms with E-state index in [4.69, 9.17) is 25.4 Å². The zero-order valence-electron chi connectivity index (χ0n) is 24.1. The third-order valence-electron chi connectivity index (χ3n) is 5.74. The molecule has 0 radical (unpaired) electrons. The summed E-state index contributed by atoms with van der Waals surface area (Å²) in [4.78, 5) is 8.37. The van der Waals surface area contributed by atoms with Crippen molar-refractivity contribution in [1.82, 2.24) is 15.3 Å². The predicted molar refractivity (Wildman–Crippen MR) is 169 cm³/mol. The van der Waals surface area contributed by atoms with E-state index in [1.165, 1.54) is 24.3 Å². The Kier molecular flexibility index (Phi) is 13.4. The third-order valence-corrected chi connectivity index (χ3v) is 7.78. The number of halogens is 1. The van der Waals surface area contributed by atoms with Gasteiger partial charge in [-0.1, -0.05) is 59.6 Å². The van der Waals surface area contributed by atoms with Crippen LogP contribution in [0.5, 0.6) is 5.75 Å². The Morgan fingerprint density at radius 3 is 1.86 bits per heavy atom. The van der Waals surface area contributed by atoms with Crippen molar-refractivity contribution in [1.29, 1.82) is 0 Å². The van der Waals surface area contributed by atoms with Gasteiger partial charge in [-0.05, 0) is 75.8 Å². The number of aryl methyl sites for hydroxylation is 2. The van der Waals surface area contributed by atoms with E-state index < -0.39 is 20.2 Å². The van der Waals surface area contributed by atoms with E-state index >= 15 is 0 Å². The van der Waals surface area contributed by atoms with Gasteiger partial charge in [-0.25, -0.2) is 4.98 Å². The number of hydrogen-bond donors (Lipinski definition) is 3. The summed E-state index contributed by atoms with van der Waals surface area (Å²) in [6, 6.07) is 17.9. The van der Waals surface area contributed by atoms with E-state index in [0.717, 1.165) is 27.9 Å². The standard InChI is InChI=1S/C16H18ClN3O.2C7H8O3S/c1-4-12-5-6-19-15(7-12)14-8-13(9-20-16(14)17)21-10-11(2)18-3;2*1-6-2-4-7(5-3-6)11(8,9)10/h4-9,11,18H,1,10H2,2-3H3;2*2-5H,1H3,(H,8,9,10)/t11-;;/m1../s1. The highest BCUT2D eigenvalue weighted by molar-refractivity contribution is 7.86. The lowest BCUT2D eigenvalue weighted by Crippen LogP contribution is -2.28. The Morgan fingerprint density at radius 2 is 1.42 bits per heavy atom. The highest BCUT2D eigenvalue weighted by Gasteiger charge is 2.10. The van der Waals surface area contributed by atoms with Gasteiger partial charge in [0.2, 0.25) is 0 Å². The molecule has 10 nitrogen and oxygen atoms in total. The molecule has 3 N–H and O–H groups in total. The fourth-order valence-electron chi connectivity index (χ4n) is 3.13. The molecule has 230 valence electrons. The van der Waals surface area contributed by atoms with Gasteiger partial charge in [0.25, 0.3) is 20.2 Å². The smallest absolute Gasteiger partial charge is 0.294 e. The van der Waals surface area contributed by atoms with Crippen LogP contribution in [0.3, 0.4) is 0 Å². The van der Waals surface area contributed by atoms with Crippen LogP contribution in [0, 0.1) is 13.8 Å². The number of aromatic nitrogens is 2. The minimum absolute atomic E-state index is 0.0666. The molecule has 0 fully saturated rings. The molecule has 0 aliphatic carbocycles. The van der Waals surface area contributed by atoms with Crippen LogP contribution in [0.4, 0.5) is 0 Å². The fourth-order valence-corrected chi connectivity index (χ4v) is 4.29. The monoisotopic (exact) mass is 647 g/mol. The normalized spacial score (nSPS) is 11.7. The van der Waals surface area contributed by atoms with Gasteiger partial charge >= 0.3 is 0 Å². The van der Waals surface area contributed by atoms with Crippen molar-refractivity contribution in [2.45, 2.75) is 36.6 Å². The topological polar surface area (TPSA) is 156 Å². The van der Waals surface area contributed by atoms with Crippen molar-refractivity contribution in [2.24, 2.45) is 0 Å². The third kappa shape index (κ3) is 12.2. The lowest BCUT2D eigenvalue weighted by atomic mass is 10.1. The summed E-state index contributed by atoms with van der Waals surface area (Å²) >= 11 is 6.17. The van der Waals surface area contributed by atoms with Crippen LogP contribution in [0.15, 0.2) is 95.5 Å². The summed E-state index contributed by atoms with van der Waals surface area (Å²) in [5.74, 6) is 0.669.